The molecule has 0 spiro atoms. The van der Waals surface area contributed by atoms with Crippen molar-refractivity contribution < 1.29 is 23.9 Å². The van der Waals surface area contributed by atoms with Gasteiger partial charge in [0, 0.05) is 59.6 Å². The maximum absolute atomic E-state index is 13.1. The summed E-state index contributed by atoms with van der Waals surface area (Å²) in [6.45, 7) is 2.67. The molecule has 6 aromatic rings. The van der Waals surface area contributed by atoms with Crippen LogP contribution in [0.25, 0.3) is 43.3 Å². The zero-order chi connectivity index (χ0) is 44.3. The topological polar surface area (TPSA) is 165 Å². The van der Waals surface area contributed by atoms with E-state index in [1.54, 1.807) is 11.6 Å². The lowest BCUT2D eigenvalue weighted by molar-refractivity contribution is -0.135. The van der Waals surface area contributed by atoms with Gasteiger partial charge in [0.05, 0.1) is 34.0 Å². The molecule has 0 bridgehead atoms. The number of ether oxygens (including phenoxy) is 1. The highest BCUT2D eigenvalue weighted by atomic mass is 32.1. The normalized spacial score (nSPS) is 20.1. The summed E-state index contributed by atoms with van der Waals surface area (Å²) < 4.78 is 10.7. The van der Waals surface area contributed by atoms with Gasteiger partial charge in [-0.15, -0.1) is 11.3 Å². The number of imide groups is 1. The SMILES string of the molecule is C[C@@H]1CNc2c(sc3ccc4nc(-c5cccc(OC6CCC(NC(=O)CCCCCCCCCc7ccc8c(c7)n(C)c(=O)n8C7CCC(=O)NC7=O)CC6)c5)ccc4c23)C(=O)N1. The predicted molar refractivity (Wildman–Crippen MR) is 252 cm³/mol. The smallest absolute Gasteiger partial charge is 0.329 e. The lowest BCUT2D eigenvalue weighted by atomic mass is 9.92. The number of anilines is 1. The lowest BCUT2D eigenvalue weighted by Gasteiger charge is -2.29. The summed E-state index contributed by atoms with van der Waals surface area (Å²) in [5.41, 5.74) is 6.06. The molecule has 334 valence electrons. The van der Waals surface area contributed by atoms with E-state index in [9.17, 15) is 24.0 Å². The molecular formula is C50H57N7O6S. The number of aryl methyl sites for hydroxylation is 2. The Morgan fingerprint density at radius 1 is 0.875 bits per heavy atom. The van der Waals surface area contributed by atoms with Gasteiger partial charge in [-0.25, -0.2) is 9.78 Å². The number of hydrogen-bond acceptors (Lipinski definition) is 9. The number of carbonyl (C=O) groups excluding carboxylic acids is 4. The molecule has 9 rings (SSSR count). The zero-order valence-corrected chi connectivity index (χ0v) is 37.5. The van der Waals surface area contributed by atoms with Crippen LogP contribution in [0.4, 0.5) is 5.69 Å². The van der Waals surface area contributed by atoms with Crippen LogP contribution < -0.4 is 31.7 Å². The van der Waals surface area contributed by atoms with Crippen molar-refractivity contribution in [1.29, 1.82) is 0 Å². The monoisotopic (exact) mass is 883 g/mol. The van der Waals surface area contributed by atoms with Gasteiger partial charge in [-0.1, -0.05) is 50.3 Å². The average Bonchev–Trinajstić information content (AvgIpc) is 3.74. The maximum Gasteiger partial charge on any atom is 0.329 e. The molecule has 4 N–H and O–H groups in total. The van der Waals surface area contributed by atoms with Crippen molar-refractivity contribution in [1.82, 2.24) is 30.1 Å². The Hall–Kier alpha value is -6.02. The fraction of sp³-hybridized carbons (Fsp3) is 0.440. The highest BCUT2D eigenvalue weighted by Crippen LogP contribution is 2.41. The number of benzene rings is 3. The fourth-order valence-corrected chi connectivity index (χ4v) is 10.8. The molecule has 0 radical (unpaired) electrons. The van der Waals surface area contributed by atoms with Crippen molar-refractivity contribution in [2.24, 2.45) is 7.05 Å². The Bertz CT molecular complexity index is 2800. The van der Waals surface area contributed by atoms with Crippen LogP contribution in [0.5, 0.6) is 5.75 Å². The highest BCUT2D eigenvalue weighted by Gasteiger charge is 2.31. The summed E-state index contributed by atoms with van der Waals surface area (Å²) in [7, 11) is 1.73. The van der Waals surface area contributed by atoms with Gasteiger partial charge in [-0.3, -0.25) is 33.6 Å². The number of carbonyl (C=O) groups is 4. The third-order valence-electron chi connectivity index (χ3n) is 13.2. The van der Waals surface area contributed by atoms with Crippen LogP contribution in [-0.4, -0.2) is 62.5 Å². The van der Waals surface area contributed by atoms with E-state index in [1.807, 2.05) is 49.4 Å². The van der Waals surface area contributed by atoms with Crippen LogP contribution in [0, 0.1) is 0 Å². The van der Waals surface area contributed by atoms with Gasteiger partial charge >= 0.3 is 5.69 Å². The number of piperidine rings is 1. The molecule has 2 fully saturated rings. The predicted octanol–water partition coefficient (Wildman–Crippen LogP) is 8.46. The molecule has 1 saturated heterocycles. The molecule has 64 heavy (non-hydrogen) atoms. The molecule has 4 amide bonds. The Balaban J connectivity index is 0.667. The Morgan fingerprint density at radius 3 is 2.48 bits per heavy atom. The van der Waals surface area contributed by atoms with Crippen LogP contribution >= 0.6 is 11.3 Å². The molecule has 1 saturated carbocycles. The molecule has 1 aliphatic carbocycles. The number of rotatable bonds is 15. The van der Waals surface area contributed by atoms with Crippen molar-refractivity contribution in [3.63, 3.8) is 0 Å². The van der Waals surface area contributed by atoms with Crippen molar-refractivity contribution in [3.05, 3.63) is 87.7 Å². The van der Waals surface area contributed by atoms with Crippen molar-refractivity contribution in [3.8, 4) is 17.0 Å². The number of thiophene rings is 1. The average molecular weight is 884 g/mol. The summed E-state index contributed by atoms with van der Waals surface area (Å²) in [6.07, 6.45) is 13.3. The number of hydrogen-bond donors (Lipinski definition) is 4. The van der Waals surface area contributed by atoms with Crippen LogP contribution in [-0.2, 0) is 27.9 Å². The molecule has 2 atom stereocenters. The minimum Gasteiger partial charge on any atom is -0.490 e. The number of unbranched alkanes of at least 4 members (excludes halogenated alkanes) is 6. The van der Waals surface area contributed by atoms with E-state index in [0.717, 1.165) is 132 Å². The Kier molecular flexibility index (Phi) is 12.8. The zero-order valence-electron chi connectivity index (χ0n) is 36.7. The van der Waals surface area contributed by atoms with Gasteiger partial charge in [-0.2, -0.15) is 0 Å². The van der Waals surface area contributed by atoms with Crippen LogP contribution in [0.2, 0.25) is 0 Å². The quantitative estimate of drug-likeness (QED) is 0.0589. The first kappa shape index (κ1) is 43.2. The lowest BCUT2D eigenvalue weighted by Crippen LogP contribution is -2.44. The van der Waals surface area contributed by atoms with Crippen molar-refractivity contribution in [2.45, 2.75) is 127 Å². The summed E-state index contributed by atoms with van der Waals surface area (Å²) in [6, 6.07) is 22.0. The second-order valence-electron chi connectivity index (χ2n) is 17.9. The molecular weight excluding hydrogens is 827 g/mol. The molecule has 5 heterocycles. The Morgan fingerprint density at radius 2 is 1.67 bits per heavy atom. The molecule has 1 unspecified atom stereocenters. The largest absolute Gasteiger partial charge is 0.490 e. The Labute approximate surface area is 376 Å². The van der Waals surface area contributed by atoms with E-state index in [-0.39, 0.29) is 48.0 Å². The van der Waals surface area contributed by atoms with Gasteiger partial charge in [0.25, 0.3) is 5.91 Å². The van der Waals surface area contributed by atoms with Gasteiger partial charge in [0.15, 0.2) is 0 Å². The van der Waals surface area contributed by atoms with E-state index >= 15 is 0 Å². The van der Waals surface area contributed by atoms with Crippen LogP contribution in [0.3, 0.4) is 0 Å². The van der Waals surface area contributed by atoms with Crippen molar-refractivity contribution in [2.75, 3.05) is 11.9 Å². The van der Waals surface area contributed by atoms with E-state index in [2.05, 4.69) is 45.5 Å². The standard InChI is InChI=1S/C50H57N7O6S/c1-30-29-51-46-45-36-20-21-37(54-38(36)22-25-42(45)64-47(46)49(61)52-30)32-12-10-13-35(28-32)63-34-18-16-33(17-19-34)53-43(58)14-9-7-5-3-4-6-8-11-31-15-23-39-41(27-31)56(2)50(62)57(39)40-24-26-44(59)55-48(40)60/h10,12-13,15,20-23,25,27-28,30,33-34,40,51H,3-9,11,14,16-19,24,26,29H2,1-2H3,(H,52,61)(H,53,58)(H,55,59,60)/t30-,33?,34?,40?/m1/s1. The van der Waals surface area contributed by atoms with Crippen LogP contribution in [0.1, 0.15) is 118 Å². The molecule has 3 aromatic heterocycles. The van der Waals surface area contributed by atoms with E-state index in [0.29, 0.717) is 29.8 Å². The molecule has 3 aromatic carbocycles. The number of imidazole rings is 1. The number of pyridine rings is 1. The minimum atomic E-state index is -0.674. The number of nitrogens with one attached hydrogen (secondary N) is 4. The van der Waals surface area contributed by atoms with Gasteiger partial charge in [0.2, 0.25) is 17.7 Å². The maximum atomic E-state index is 13.1. The number of amides is 4. The third-order valence-corrected chi connectivity index (χ3v) is 14.4. The molecule has 14 heteroatoms. The van der Waals surface area contributed by atoms with E-state index in [4.69, 9.17) is 9.72 Å². The van der Waals surface area contributed by atoms with Gasteiger partial charge in [0.1, 0.15) is 16.7 Å². The molecule has 2 aliphatic heterocycles. The minimum absolute atomic E-state index is 0.0330. The summed E-state index contributed by atoms with van der Waals surface area (Å²) in [5.74, 6) is 0.220. The first-order valence-corrected chi connectivity index (χ1v) is 23.9. The van der Waals surface area contributed by atoms with E-state index < -0.39 is 11.9 Å². The van der Waals surface area contributed by atoms with E-state index in [1.165, 1.54) is 15.9 Å². The highest BCUT2D eigenvalue weighted by molar-refractivity contribution is 7.21. The molecule has 3 aliphatic rings. The third kappa shape index (κ3) is 9.29. The van der Waals surface area contributed by atoms with Gasteiger partial charge in [-0.05, 0) is 112 Å². The second-order valence-corrected chi connectivity index (χ2v) is 19.0. The first-order chi connectivity index (χ1) is 31.1. The molecule has 13 nitrogen and oxygen atoms in total. The summed E-state index contributed by atoms with van der Waals surface area (Å²) in [5, 5.41) is 14.3. The van der Waals surface area contributed by atoms with Crippen molar-refractivity contribution >= 4 is 72.7 Å². The number of fused-ring (bicyclic) bond motifs is 6. The fourth-order valence-electron chi connectivity index (χ4n) is 9.73. The number of nitrogens with zero attached hydrogens (tertiary/aromatic N) is 3. The number of aromatic nitrogens is 3. The summed E-state index contributed by atoms with van der Waals surface area (Å²) in [4.78, 5) is 68.6. The second kappa shape index (κ2) is 19.0. The van der Waals surface area contributed by atoms with Crippen LogP contribution in [0.15, 0.2) is 71.5 Å². The summed E-state index contributed by atoms with van der Waals surface area (Å²) >= 11 is 1.51. The first-order valence-electron chi connectivity index (χ1n) is 23.1. The van der Waals surface area contributed by atoms with Gasteiger partial charge < -0.3 is 20.7 Å².